The molecular formula is C18H17ClN6O3. The number of morpholine rings is 1. The Morgan fingerprint density at radius 1 is 1.14 bits per heavy atom. The molecule has 0 aliphatic carbocycles. The molecule has 0 bridgehead atoms. The summed E-state index contributed by atoms with van der Waals surface area (Å²) in [6.45, 7) is 2.47. The number of halogens is 1. The summed E-state index contributed by atoms with van der Waals surface area (Å²) >= 11 is 6.13. The van der Waals surface area contributed by atoms with Crippen molar-refractivity contribution in [1.29, 1.82) is 0 Å². The zero-order chi connectivity index (χ0) is 19.5. The number of nitrogens with zero attached hydrogens (tertiary/aromatic N) is 6. The van der Waals surface area contributed by atoms with Crippen LogP contribution in [0.4, 0.5) is 5.69 Å². The van der Waals surface area contributed by atoms with E-state index in [2.05, 4.69) is 20.4 Å². The second kappa shape index (κ2) is 8.01. The highest BCUT2D eigenvalue weighted by atomic mass is 35.5. The predicted molar refractivity (Wildman–Crippen MR) is 101 cm³/mol. The lowest BCUT2D eigenvalue weighted by atomic mass is 10.0. The van der Waals surface area contributed by atoms with Crippen LogP contribution < -0.4 is 0 Å². The maximum Gasteiger partial charge on any atom is 0.269 e. The zero-order valence-corrected chi connectivity index (χ0v) is 15.6. The molecule has 1 saturated heterocycles. The molecule has 9 nitrogen and oxygen atoms in total. The molecule has 1 aromatic heterocycles. The van der Waals surface area contributed by atoms with Gasteiger partial charge in [0.25, 0.3) is 5.69 Å². The molecule has 1 fully saturated rings. The standard InChI is InChI=1S/C18H17ClN6O3/c19-14-4-2-5-15(12-14)24-18(20-21-22-24)17(23-7-9-28-10-8-23)13-3-1-6-16(11-13)25(26)27/h1-6,11-12,17H,7-10H2/t17-/m0/s1. The average molecular weight is 401 g/mol. The summed E-state index contributed by atoms with van der Waals surface area (Å²) in [5.74, 6) is 0.560. The third kappa shape index (κ3) is 3.72. The molecule has 0 amide bonds. The van der Waals surface area contributed by atoms with Gasteiger partial charge in [0.1, 0.15) is 0 Å². The summed E-state index contributed by atoms with van der Waals surface area (Å²) < 4.78 is 7.09. The number of nitro groups is 1. The molecule has 0 saturated carbocycles. The molecule has 3 aromatic rings. The van der Waals surface area contributed by atoms with Gasteiger partial charge in [0, 0.05) is 30.2 Å². The minimum atomic E-state index is -0.403. The van der Waals surface area contributed by atoms with Crippen LogP contribution in [0.25, 0.3) is 5.69 Å². The predicted octanol–water partition coefficient (Wildman–Crippen LogP) is 2.65. The van der Waals surface area contributed by atoms with Crippen LogP contribution in [-0.2, 0) is 4.74 Å². The largest absolute Gasteiger partial charge is 0.379 e. The van der Waals surface area contributed by atoms with Crippen molar-refractivity contribution in [1.82, 2.24) is 25.1 Å². The quantitative estimate of drug-likeness (QED) is 0.479. The lowest BCUT2D eigenvalue weighted by Gasteiger charge is -2.33. The molecule has 0 spiro atoms. The van der Waals surface area contributed by atoms with Gasteiger partial charge in [-0.05, 0) is 34.2 Å². The fourth-order valence-electron chi connectivity index (χ4n) is 3.32. The van der Waals surface area contributed by atoms with Crippen LogP contribution in [0.15, 0.2) is 48.5 Å². The van der Waals surface area contributed by atoms with Gasteiger partial charge in [0.15, 0.2) is 5.82 Å². The molecule has 0 N–H and O–H groups in total. The Morgan fingerprint density at radius 2 is 1.93 bits per heavy atom. The van der Waals surface area contributed by atoms with Crippen molar-refractivity contribution in [3.8, 4) is 5.69 Å². The van der Waals surface area contributed by atoms with Crippen molar-refractivity contribution in [3.05, 3.63) is 75.1 Å². The molecule has 1 aliphatic heterocycles. The average Bonchev–Trinajstić information content (AvgIpc) is 3.19. The van der Waals surface area contributed by atoms with Gasteiger partial charge in [-0.2, -0.15) is 4.68 Å². The lowest BCUT2D eigenvalue weighted by Crippen LogP contribution is -2.40. The van der Waals surface area contributed by atoms with E-state index in [9.17, 15) is 10.1 Å². The van der Waals surface area contributed by atoms with Gasteiger partial charge in [-0.3, -0.25) is 15.0 Å². The Balaban J connectivity index is 1.82. The number of rotatable bonds is 5. The van der Waals surface area contributed by atoms with E-state index in [-0.39, 0.29) is 11.7 Å². The summed E-state index contributed by atoms with van der Waals surface area (Å²) in [4.78, 5) is 13.0. The molecular weight excluding hydrogens is 384 g/mol. The monoisotopic (exact) mass is 400 g/mol. The zero-order valence-electron chi connectivity index (χ0n) is 14.8. The molecule has 0 radical (unpaired) electrons. The van der Waals surface area contributed by atoms with Crippen LogP contribution >= 0.6 is 11.6 Å². The fraction of sp³-hybridized carbons (Fsp3) is 0.278. The van der Waals surface area contributed by atoms with Crippen molar-refractivity contribution in [2.24, 2.45) is 0 Å². The molecule has 1 atom stereocenters. The highest BCUT2D eigenvalue weighted by Gasteiger charge is 2.30. The number of nitro benzene ring substituents is 1. The summed E-state index contributed by atoms with van der Waals surface area (Å²) in [7, 11) is 0. The van der Waals surface area contributed by atoms with Crippen LogP contribution in [-0.4, -0.2) is 56.3 Å². The first-order valence-electron chi connectivity index (χ1n) is 8.74. The van der Waals surface area contributed by atoms with Crippen LogP contribution in [0.5, 0.6) is 0 Å². The van der Waals surface area contributed by atoms with Crippen LogP contribution in [0.1, 0.15) is 17.4 Å². The Kier molecular flexibility index (Phi) is 5.29. The molecule has 2 heterocycles. The van der Waals surface area contributed by atoms with E-state index in [1.165, 1.54) is 6.07 Å². The third-order valence-corrected chi connectivity index (χ3v) is 4.83. The molecule has 0 unspecified atom stereocenters. The van der Waals surface area contributed by atoms with Crippen molar-refractivity contribution in [2.45, 2.75) is 6.04 Å². The van der Waals surface area contributed by atoms with Gasteiger partial charge in [0.2, 0.25) is 0 Å². The molecule has 10 heteroatoms. The van der Waals surface area contributed by atoms with Gasteiger partial charge in [-0.1, -0.05) is 29.8 Å². The number of non-ortho nitro benzene ring substituents is 1. The molecule has 144 valence electrons. The SMILES string of the molecule is O=[N+]([O-])c1cccc([C@@H](c2nnnn2-c2cccc(Cl)c2)N2CCOCC2)c1. The minimum absolute atomic E-state index is 0.0255. The van der Waals surface area contributed by atoms with Gasteiger partial charge in [-0.25, -0.2) is 0 Å². The molecule has 4 rings (SSSR count). The van der Waals surface area contributed by atoms with Gasteiger partial charge in [0.05, 0.1) is 29.9 Å². The summed E-state index contributed by atoms with van der Waals surface area (Å²) in [5.41, 5.74) is 1.49. The third-order valence-electron chi connectivity index (χ3n) is 4.60. The highest BCUT2D eigenvalue weighted by Crippen LogP contribution is 2.31. The second-order valence-corrected chi connectivity index (χ2v) is 6.77. The van der Waals surface area contributed by atoms with E-state index in [0.717, 1.165) is 11.3 Å². The number of hydrogen-bond acceptors (Lipinski definition) is 7. The van der Waals surface area contributed by atoms with Crippen molar-refractivity contribution in [3.63, 3.8) is 0 Å². The van der Waals surface area contributed by atoms with Gasteiger partial charge >= 0.3 is 0 Å². The summed E-state index contributed by atoms with van der Waals surface area (Å²) in [6, 6.07) is 13.4. The molecule has 1 aliphatic rings. The van der Waals surface area contributed by atoms with Gasteiger partial charge < -0.3 is 4.74 Å². The van der Waals surface area contributed by atoms with E-state index in [1.54, 1.807) is 28.9 Å². The summed E-state index contributed by atoms with van der Waals surface area (Å²) in [6.07, 6.45) is 0. The van der Waals surface area contributed by atoms with Crippen molar-refractivity contribution >= 4 is 17.3 Å². The van der Waals surface area contributed by atoms with Crippen LogP contribution in [0.2, 0.25) is 5.02 Å². The van der Waals surface area contributed by atoms with E-state index in [1.807, 2.05) is 18.2 Å². The fourth-order valence-corrected chi connectivity index (χ4v) is 3.51. The molecule has 28 heavy (non-hydrogen) atoms. The molecule has 2 aromatic carbocycles. The summed E-state index contributed by atoms with van der Waals surface area (Å²) in [5, 5.41) is 24.1. The minimum Gasteiger partial charge on any atom is -0.379 e. The Morgan fingerprint density at radius 3 is 2.68 bits per heavy atom. The van der Waals surface area contributed by atoms with E-state index in [0.29, 0.717) is 37.2 Å². The van der Waals surface area contributed by atoms with E-state index >= 15 is 0 Å². The Labute approximate surface area is 165 Å². The van der Waals surface area contributed by atoms with Crippen molar-refractivity contribution in [2.75, 3.05) is 26.3 Å². The maximum atomic E-state index is 11.3. The van der Waals surface area contributed by atoms with E-state index in [4.69, 9.17) is 16.3 Å². The number of aromatic nitrogens is 4. The first kappa shape index (κ1) is 18.5. The number of tetrazole rings is 1. The van der Waals surface area contributed by atoms with Crippen molar-refractivity contribution < 1.29 is 9.66 Å². The van der Waals surface area contributed by atoms with Crippen LogP contribution in [0.3, 0.4) is 0 Å². The smallest absolute Gasteiger partial charge is 0.269 e. The second-order valence-electron chi connectivity index (χ2n) is 6.33. The number of benzene rings is 2. The number of hydrogen-bond donors (Lipinski definition) is 0. The Hall–Kier alpha value is -2.88. The number of ether oxygens (including phenoxy) is 1. The first-order valence-corrected chi connectivity index (χ1v) is 9.11. The van der Waals surface area contributed by atoms with Crippen LogP contribution in [0, 0.1) is 10.1 Å². The normalized spacial score (nSPS) is 16.0. The Bertz CT molecular complexity index is 989. The lowest BCUT2D eigenvalue weighted by molar-refractivity contribution is -0.384. The van der Waals surface area contributed by atoms with Gasteiger partial charge in [-0.15, -0.1) is 5.10 Å². The highest BCUT2D eigenvalue weighted by molar-refractivity contribution is 6.30. The first-order chi connectivity index (χ1) is 13.6. The maximum absolute atomic E-state index is 11.3. The topological polar surface area (TPSA) is 99.2 Å². The van der Waals surface area contributed by atoms with E-state index < -0.39 is 4.92 Å².